The topological polar surface area (TPSA) is 62.6 Å². The van der Waals surface area contributed by atoms with Gasteiger partial charge in [0.25, 0.3) is 0 Å². The number of alkyl halides is 3. The normalized spacial score (nSPS) is 16.9. The van der Waals surface area contributed by atoms with E-state index in [0.29, 0.717) is 34.4 Å². The Morgan fingerprint density at radius 2 is 1.74 bits per heavy atom. The molecule has 3 aromatic carbocycles. The van der Waals surface area contributed by atoms with Crippen LogP contribution in [0.3, 0.4) is 0 Å². The largest absolute Gasteiger partial charge is 0.418 e. The third kappa shape index (κ3) is 4.40. The predicted octanol–water partition coefficient (Wildman–Crippen LogP) is 6.70. The van der Waals surface area contributed by atoms with E-state index in [9.17, 15) is 13.2 Å². The maximum Gasteiger partial charge on any atom is 0.418 e. The van der Waals surface area contributed by atoms with Crippen LogP contribution in [0.4, 0.5) is 13.2 Å². The molecule has 1 saturated carbocycles. The van der Waals surface area contributed by atoms with Gasteiger partial charge in [-0.1, -0.05) is 42.5 Å². The van der Waals surface area contributed by atoms with Crippen LogP contribution in [0, 0.1) is 5.41 Å². The fourth-order valence-electron chi connectivity index (χ4n) is 5.92. The van der Waals surface area contributed by atoms with E-state index >= 15 is 0 Å². The highest BCUT2D eigenvalue weighted by Gasteiger charge is 2.47. The first kappa shape index (κ1) is 24.1. The molecule has 2 aromatic heterocycles. The number of rotatable bonds is 5. The van der Waals surface area contributed by atoms with Crippen LogP contribution >= 0.6 is 0 Å². The summed E-state index contributed by atoms with van der Waals surface area (Å²) in [7, 11) is 1.89. The van der Waals surface area contributed by atoms with E-state index in [-0.39, 0.29) is 5.52 Å². The summed E-state index contributed by atoms with van der Waals surface area (Å²) in [6.45, 7) is 2.42. The highest BCUT2D eigenvalue weighted by Crippen LogP contribution is 2.53. The first-order chi connectivity index (χ1) is 18.8. The van der Waals surface area contributed by atoms with Crippen molar-refractivity contribution in [3.8, 4) is 33.9 Å². The number of likely N-dealkylation sites (tertiary alicyclic amines) is 1. The first-order valence-corrected chi connectivity index (χ1v) is 13.1. The molecule has 1 saturated heterocycles. The van der Waals surface area contributed by atoms with Gasteiger partial charge >= 0.3 is 6.18 Å². The van der Waals surface area contributed by atoms with E-state index in [1.54, 1.807) is 12.4 Å². The number of nitrogens with one attached hydrogen (secondary N) is 1. The van der Waals surface area contributed by atoms with Gasteiger partial charge in [0.15, 0.2) is 5.82 Å². The summed E-state index contributed by atoms with van der Waals surface area (Å²) in [5.41, 5.74) is 4.24. The van der Waals surface area contributed by atoms with Gasteiger partial charge in [-0.05, 0) is 66.1 Å². The molecule has 0 atom stereocenters. The molecule has 198 valence electrons. The highest BCUT2D eigenvalue weighted by molar-refractivity contribution is 5.86. The van der Waals surface area contributed by atoms with Crippen LogP contribution in [0.5, 0.6) is 0 Å². The zero-order valence-electron chi connectivity index (χ0n) is 21.5. The molecular weight excluding hydrogens is 501 g/mol. The van der Waals surface area contributed by atoms with Gasteiger partial charge in [-0.15, -0.1) is 10.2 Å². The van der Waals surface area contributed by atoms with Gasteiger partial charge in [-0.3, -0.25) is 4.90 Å². The van der Waals surface area contributed by atoms with Gasteiger partial charge in [0.05, 0.1) is 16.6 Å². The third-order valence-electron chi connectivity index (χ3n) is 8.17. The Morgan fingerprint density at radius 3 is 2.46 bits per heavy atom. The van der Waals surface area contributed by atoms with E-state index in [1.165, 1.54) is 18.9 Å². The Kier molecular flexibility index (Phi) is 5.42. The SMILES string of the molecule is Cn1cnnc1-c1ccccc1-c1cccc(-c2nc3cc(CN4CCC5(CC5)C4)cc(C(F)(F)F)c3[nH]2)c1. The van der Waals surface area contributed by atoms with Crippen molar-refractivity contribution < 1.29 is 13.2 Å². The number of hydrogen-bond donors (Lipinski definition) is 1. The van der Waals surface area contributed by atoms with E-state index in [4.69, 9.17) is 0 Å². The molecule has 1 aliphatic heterocycles. The van der Waals surface area contributed by atoms with Crippen LogP contribution in [0.25, 0.3) is 44.9 Å². The second kappa shape index (κ2) is 8.77. The lowest BCUT2D eigenvalue weighted by Gasteiger charge is -2.17. The molecule has 2 fully saturated rings. The molecule has 1 spiro atoms. The van der Waals surface area contributed by atoms with Crippen LogP contribution in [0.15, 0.2) is 67.0 Å². The summed E-state index contributed by atoms with van der Waals surface area (Å²) in [6.07, 6.45) is 0.779. The number of hydrogen-bond acceptors (Lipinski definition) is 4. The van der Waals surface area contributed by atoms with Crippen LogP contribution in [0.2, 0.25) is 0 Å². The number of imidazole rings is 1. The van der Waals surface area contributed by atoms with Crippen molar-refractivity contribution in [2.24, 2.45) is 12.5 Å². The Morgan fingerprint density at radius 1 is 0.949 bits per heavy atom. The number of benzene rings is 3. The molecule has 0 amide bonds. The van der Waals surface area contributed by atoms with Crippen molar-refractivity contribution in [1.29, 1.82) is 0 Å². The van der Waals surface area contributed by atoms with Gasteiger partial charge in [0.1, 0.15) is 12.2 Å². The van der Waals surface area contributed by atoms with Crippen molar-refractivity contribution in [3.05, 3.63) is 78.1 Å². The van der Waals surface area contributed by atoms with Crippen LogP contribution in [-0.4, -0.2) is 42.7 Å². The predicted molar refractivity (Wildman–Crippen MR) is 144 cm³/mol. The Bertz CT molecular complexity index is 1690. The van der Waals surface area contributed by atoms with Crippen LogP contribution < -0.4 is 0 Å². The number of aryl methyl sites for hydroxylation is 1. The minimum Gasteiger partial charge on any atom is -0.337 e. The Balaban J connectivity index is 1.27. The molecule has 0 unspecified atom stereocenters. The fourth-order valence-corrected chi connectivity index (χ4v) is 5.92. The molecule has 5 aromatic rings. The second-order valence-corrected chi connectivity index (χ2v) is 11.0. The summed E-state index contributed by atoms with van der Waals surface area (Å²) in [6, 6.07) is 18.6. The fraction of sp³-hybridized carbons (Fsp3) is 0.300. The number of nitrogens with zero attached hydrogens (tertiary/aromatic N) is 5. The Hall–Kier alpha value is -3.98. The number of fused-ring (bicyclic) bond motifs is 1. The molecule has 0 bridgehead atoms. The lowest BCUT2D eigenvalue weighted by Crippen LogP contribution is -2.21. The average molecular weight is 529 g/mol. The monoisotopic (exact) mass is 528 g/mol. The summed E-state index contributed by atoms with van der Waals surface area (Å²) in [4.78, 5) is 9.92. The molecule has 9 heteroatoms. The van der Waals surface area contributed by atoms with Gasteiger partial charge in [-0.2, -0.15) is 13.2 Å². The molecule has 6 nitrogen and oxygen atoms in total. The zero-order chi connectivity index (χ0) is 26.8. The van der Waals surface area contributed by atoms with Gasteiger partial charge < -0.3 is 9.55 Å². The maximum absolute atomic E-state index is 14.2. The highest BCUT2D eigenvalue weighted by atomic mass is 19.4. The van der Waals surface area contributed by atoms with Crippen LogP contribution in [0.1, 0.15) is 30.4 Å². The van der Waals surface area contributed by atoms with Crippen LogP contribution in [-0.2, 0) is 19.8 Å². The zero-order valence-corrected chi connectivity index (χ0v) is 21.5. The maximum atomic E-state index is 14.2. The van der Waals surface area contributed by atoms with Crippen molar-refractivity contribution in [2.45, 2.75) is 32.0 Å². The average Bonchev–Trinajstić information content (AvgIpc) is 3.21. The van der Waals surface area contributed by atoms with Crippen molar-refractivity contribution in [3.63, 3.8) is 0 Å². The summed E-state index contributed by atoms with van der Waals surface area (Å²) in [5, 5.41) is 8.26. The molecule has 3 heterocycles. The lowest BCUT2D eigenvalue weighted by molar-refractivity contribution is -0.136. The van der Waals surface area contributed by atoms with Gasteiger partial charge in [0, 0.05) is 31.3 Å². The minimum absolute atomic E-state index is 0.0197. The van der Waals surface area contributed by atoms with E-state index in [0.717, 1.165) is 42.0 Å². The molecule has 7 rings (SSSR count). The Labute approximate surface area is 223 Å². The molecule has 0 radical (unpaired) electrons. The molecule has 1 aliphatic carbocycles. The molecule has 1 N–H and O–H groups in total. The van der Waals surface area contributed by atoms with Crippen molar-refractivity contribution >= 4 is 11.0 Å². The summed E-state index contributed by atoms with van der Waals surface area (Å²) in [5.74, 6) is 1.14. The van der Waals surface area contributed by atoms with Crippen molar-refractivity contribution in [1.82, 2.24) is 29.6 Å². The minimum atomic E-state index is -4.49. The number of H-pyrrole nitrogens is 1. The first-order valence-electron chi connectivity index (χ1n) is 13.1. The summed E-state index contributed by atoms with van der Waals surface area (Å²) < 4.78 is 44.4. The molecular formula is C30H27F3N6. The van der Waals surface area contributed by atoms with E-state index in [2.05, 4.69) is 25.1 Å². The van der Waals surface area contributed by atoms with E-state index in [1.807, 2.05) is 60.1 Å². The number of aromatic nitrogens is 5. The van der Waals surface area contributed by atoms with Gasteiger partial charge in [0.2, 0.25) is 0 Å². The number of aromatic amines is 1. The second-order valence-electron chi connectivity index (χ2n) is 11.0. The van der Waals surface area contributed by atoms with Crippen molar-refractivity contribution in [2.75, 3.05) is 13.1 Å². The van der Waals surface area contributed by atoms with E-state index < -0.39 is 11.7 Å². The smallest absolute Gasteiger partial charge is 0.337 e. The third-order valence-corrected chi connectivity index (χ3v) is 8.17. The molecule has 39 heavy (non-hydrogen) atoms. The molecule has 2 aliphatic rings. The number of halogens is 3. The quantitative estimate of drug-likeness (QED) is 0.276. The standard InChI is InChI=1S/C30H27F3N6/c1-38-18-34-37-28(38)23-8-3-2-7-22(23)20-5-4-6-21(15-20)27-35-25-14-19(13-24(26(25)36-27)30(31,32)33)16-39-12-11-29(17-39)9-10-29/h2-8,13-15,18H,9-12,16-17H2,1H3,(H,35,36). The lowest BCUT2D eigenvalue weighted by atomic mass is 9.97. The van der Waals surface area contributed by atoms with Gasteiger partial charge in [-0.25, -0.2) is 4.98 Å². The summed E-state index contributed by atoms with van der Waals surface area (Å²) >= 11 is 0.